The molecule has 0 bridgehead atoms. The van der Waals surface area contributed by atoms with E-state index in [0.717, 1.165) is 23.6 Å². The van der Waals surface area contributed by atoms with E-state index in [1.165, 1.54) is 0 Å². The maximum Gasteiger partial charge on any atom is 0.221 e. The van der Waals surface area contributed by atoms with Crippen molar-refractivity contribution in [1.82, 2.24) is 30.4 Å². The molecule has 7 nitrogen and oxygen atoms in total. The van der Waals surface area contributed by atoms with Crippen LogP contribution in [0.2, 0.25) is 0 Å². The molecule has 7 heteroatoms. The van der Waals surface area contributed by atoms with Gasteiger partial charge in [0.25, 0.3) is 0 Å². The maximum atomic E-state index is 12.1. The first-order valence-corrected chi connectivity index (χ1v) is 8.69. The second-order valence-corrected chi connectivity index (χ2v) is 6.29. The number of benzene rings is 2. The Morgan fingerprint density at radius 2 is 1.77 bits per heavy atom. The van der Waals surface area contributed by atoms with Crippen molar-refractivity contribution in [2.24, 2.45) is 0 Å². The SMILES string of the molecule is O=C1C[C@H](c2ccccc2)N(Cc2nnnn2-c2ccccc2)CCN1. The fraction of sp³-hybridized carbons (Fsp3) is 0.263. The molecule has 0 unspecified atom stereocenters. The number of amides is 1. The maximum absolute atomic E-state index is 12.1. The van der Waals surface area contributed by atoms with Crippen LogP contribution in [0.1, 0.15) is 23.9 Å². The fourth-order valence-corrected chi connectivity index (χ4v) is 3.32. The fourth-order valence-electron chi connectivity index (χ4n) is 3.32. The monoisotopic (exact) mass is 348 g/mol. The third-order valence-electron chi connectivity index (χ3n) is 4.60. The van der Waals surface area contributed by atoms with Gasteiger partial charge in [0.1, 0.15) is 0 Å². The number of rotatable bonds is 4. The average molecular weight is 348 g/mol. The summed E-state index contributed by atoms with van der Waals surface area (Å²) >= 11 is 0. The van der Waals surface area contributed by atoms with E-state index >= 15 is 0 Å². The molecule has 1 N–H and O–H groups in total. The second-order valence-electron chi connectivity index (χ2n) is 6.29. The van der Waals surface area contributed by atoms with Gasteiger partial charge in [-0.2, -0.15) is 4.68 Å². The third-order valence-corrected chi connectivity index (χ3v) is 4.60. The van der Waals surface area contributed by atoms with Crippen LogP contribution in [-0.4, -0.2) is 44.1 Å². The zero-order valence-electron chi connectivity index (χ0n) is 14.3. The van der Waals surface area contributed by atoms with Gasteiger partial charge in [0.2, 0.25) is 5.91 Å². The van der Waals surface area contributed by atoms with Crippen molar-refractivity contribution < 1.29 is 4.79 Å². The molecule has 26 heavy (non-hydrogen) atoms. The normalized spacial score (nSPS) is 18.3. The highest BCUT2D eigenvalue weighted by atomic mass is 16.1. The number of para-hydroxylation sites is 1. The number of carbonyl (C=O) groups excluding carboxylic acids is 1. The van der Waals surface area contributed by atoms with Crippen molar-refractivity contribution in [2.75, 3.05) is 13.1 Å². The van der Waals surface area contributed by atoms with E-state index in [1.807, 2.05) is 48.5 Å². The highest BCUT2D eigenvalue weighted by Crippen LogP contribution is 2.27. The number of hydrogen-bond donors (Lipinski definition) is 1. The van der Waals surface area contributed by atoms with Crippen LogP contribution >= 0.6 is 0 Å². The first kappa shape index (κ1) is 16.4. The Morgan fingerprint density at radius 3 is 2.54 bits per heavy atom. The van der Waals surface area contributed by atoms with E-state index in [0.29, 0.717) is 19.5 Å². The Hall–Kier alpha value is -3.06. The Bertz CT molecular complexity index is 864. The summed E-state index contributed by atoms with van der Waals surface area (Å²) in [6.07, 6.45) is 0.427. The molecule has 2 heterocycles. The standard InChI is InChI=1S/C19H20N6O/c26-19-13-17(15-7-3-1-4-8-15)24(12-11-20-19)14-18-21-22-23-25(18)16-9-5-2-6-10-16/h1-10,17H,11-14H2,(H,20,26)/t17-/m1/s1. The van der Waals surface area contributed by atoms with Gasteiger partial charge in [0, 0.05) is 25.6 Å². The van der Waals surface area contributed by atoms with Crippen molar-refractivity contribution in [3.8, 4) is 5.69 Å². The average Bonchev–Trinajstić information content (AvgIpc) is 3.07. The van der Waals surface area contributed by atoms with Gasteiger partial charge in [-0.25, -0.2) is 0 Å². The summed E-state index contributed by atoms with van der Waals surface area (Å²) < 4.78 is 1.75. The summed E-state index contributed by atoms with van der Waals surface area (Å²) in [7, 11) is 0. The van der Waals surface area contributed by atoms with Gasteiger partial charge in [0.15, 0.2) is 5.82 Å². The van der Waals surface area contributed by atoms with E-state index in [4.69, 9.17) is 0 Å². The van der Waals surface area contributed by atoms with E-state index in [9.17, 15) is 4.79 Å². The number of nitrogens with one attached hydrogen (secondary N) is 1. The first-order valence-electron chi connectivity index (χ1n) is 8.69. The third kappa shape index (κ3) is 3.48. The van der Waals surface area contributed by atoms with Gasteiger partial charge < -0.3 is 5.32 Å². The Balaban J connectivity index is 1.63. The summed E-state index contributed by atoms with van der Waals surface area (Å²) in [5.41, 5.74) is 2.05. The number of aromatic nitrogens is 4. The zero-order valence-corrected chi connectivity index (χ0v) is 14.3. The summed E-state index contributed by atoms with van der Waals surface area (Å²) in [5, 5.41) is 15.2. The van der Waals surface area contributed by atoms with Crippen molar-refractivity contribution in [1.29, 1.82) is 0 Å². The predicted octanol–water partition coefficient (Wildman–Crippen LogP) is 1.73. The van der Waals surface area contributed by atoms with Crippen LogP contribution < -0.4 is 5.32 Å². The van der Waals surface area contributed by atoms with Crippen LogP contribution in [-0.2, 0) is 11.3 Å². The van der Waals surface area contributed by atoms with Crippen LogP contribution in [0.25, 0.3) is 5.69 Å². The van der Waals surface area contributed by atoms with Crippen LogP contribution in [0.5, 0.6) is 0 Å². The lowest BCUT2D eigenvalue weighted by molar-refractivity contribution is -0.121. The second kappa shape index (κ2) is 7.45. The van der Waals surface area contributed by atoms with E-state index in [2.05, 4.69) is 37.9 Å². The lowest BCUT2D eigenvalue weighted by Gasteiger charge is -2.28. The van der Waals surface area contributed by atoms with Crippen LogP contribution in [0.4, 0.5) is 0 Å². The number of tetrazole rings is 1. The lowest BCUT2D eigenvalue weighted by atomic mass is 10.0. The summed E-state index contributed by atoms with van der Waals surface area (Å²) in [6.45, 7) is 1.93. The largest absolute Gasteiger partial charge is 0.355 e. The zero-order chi connectivity index (χ0) is 17.8. The molecular weight excluding hydrogens is 328 g/mol. The van der Waals surface area contributed by atoms with Crippen molar-refractivity contribution in [2.45, 2.75) is 19.0 Å². The molecule has 2 aromatic carbocycles. The molecule has 1 fully saturated rings. The molecule has 1 aromatic heterocycles. The van der Waals surface area contributed by atoms with E-state index < -0.39 is 0 Å². The molecule has 1 aliphatic heterocycles. The minimum absolute atomic E-state index is 0.000349. The quantitative estimate of drug-likeness (QED) is 0.777. The van der Waals surface area contributed by atoms with Gasteiger partial charge in [-0.1, -0.05) is 48.5 Å². The molecule has 0 saturated carbocycles. The number of carbonyl (C=O) groups is 1. The van der Waals surface area contributed by atoms with Crippen LogP contribution in [0.3, 0.4) is 0 Å². The Labute approximate surface area is 151 Å². The minimum Gasteiger partial charge on any atom is -0.355 e. The predicted molar refractivity (Wildman–Crippen MR) is 96.4 cm³/mol. The Morgan fingerprint density at radius 1 is 1.04 bits per heavy atom. The molecule has 0 aliphatic carbocycles. The molecular formula is C19H20N6O. The van der Waals surface area contributed by atoms with Gasteiger partial charge >= 0.3 is 0 Å². The molecule has 1 atom stereocenters. The van der Waals surface area contributed by atoms with Crippen molar-refractivity contribution >= 4 is 5.91 Å². The number of nitrogens with zero attached hydrogens (tertiary/aromatic N) is 5. The summed E-state index contributed by atoms with van der Waals surface area (Å²) in [4.78, 5) is 14.4. The van der Waals surface area contributed by atoms with Gasteiger partial charge in [-0.3, -0.25) is 9.69 Å². The molecule has 1 saturated heterocycles. The molecule has 3 aromatic rings. The number of hydrogen-bond acceptors (Lipinski definition) is 5. The van der Waals surface area contributed by atoms with E-state index in [1.54, 1.807) is 4.68 Å². The summed E-state index contributed by atoms with van der Waals surface area (Å²) in [5.74, 6) is 0.829. The molecule has 1 amide bonds. The van der Waals surface area contributed by atoms with Crippen molar-refractivity contribution in [3.05, 3.63) is 72.1 Å². The smallest absolute Gasteiger partial charge is 0.221 e. The topological polar surface area (TPSA) is 75.9 Å². The van der Waals surface area contributed by atoms with Gasteiger partial charge in [-0.05, 0) is 28.1 Å². The Kier molecular flexibility index (Phi) is 4.70. The highest BCUT2D eigenvalue weighted by molar-refractivity contribution is 5.77. The van der Waals surface area contributed by atoms with Gasteiger partial charge in [0.05, 0.1) is 12.2 Å². The highest BCUT2D eigenvalue weighted by Gasteiger charge is 2.27. The molecule has 0 radical (unpaired) electrons. The molecule has 0 spiro atoms. The van der Waals surface area contributed by atoms with Crippen molar-refractivity contribution in [3.63, 3.8) is 0 Å². The molecule has 1 aliphatic rings. The van der Waals surface area contributed by atoms with Crippen LogP contribution in [0.15, 0.2) is 60.7 Å². The first-order chi connectivity index (χ1) is 12.8. The minimum atomic E-state index is -0.000349. The van der Waals surface area contributed by atoms with Crippen LogP contribution in [0, 0.1) is 0 Å². The van der Waals surface area contributed by atoms with Gasteiger partial charge in [-0.15, -0.1) is 5.10 Å². The molecule has 132 valence electrons. The van der Waals surface area contributed by atoms with E-state index in [-0.39, 0.29) is 11.9 Å². The molecule has 4 rings (SSSR count). The summed E-state index contributed by atoms with van der Waals surface area (Å²) in [6, 6.07) is 20.0. The lowest BCUT2D eigenvalue weighted by Crippen LogP contribution is -2.31.